The van der Waals surface area contributed by atoms with Crippen molar-refractivity contribution in [3.63, 3.8) is 0 Å². The van der Waals surface area contributed by atoms with Gasteiger partial charge in [0.2, 0.25) is 0 Å². The number of benzene rings is 2. The molecule has 150 valence electrons. The zero-order valence-corrected chi connectivity index (χ0v) is 16.9. The van der Waals surface area contributed by atoms with E-state index in [0.29, 0.717) is 30.4 Å². The van der Waals surface area contributed by atoms with Gasteiger partial charge in [-0.2, -0.15) is 0 Å². The number of nitrogens with zero attached hydrogens (tertiary/aromatic N) is 1. The SMILES string of the molecule is Cc1noc(C)c1COc1cccc(C(=O)NCC2CCCc3ccccc32)c1. The molecule has 1 heterocycles. The first kappa shape index (κ1) is 19.2. The summed E-state index contributed by atoms with van der Waals surface area (Å²) >= 11 is 0. The zero-order valence-electron chi connectivity index (χ0n) is 16.9. The molecule has 0 radical (unpaired) electrons. The van der Waals surface area contributed by atoms with E-state index in [9.17, 15) is 4.79 Å². The van der Waals surface area contributed by atoms with Gasteiger partial charge in [0.25, 0.3) is 5.91 Å². The Bertz CT molecular complexity index is 989. The second-order valence-electron chi connectivity index (χ2n) is 7.62. The topological polar surface area (TPSA) is 64.4 Å². The highest BCUT2D eigenvalue weighted by Gasteiger charge is 2.20. The summed E-state index contributed by atoms with van der Waals surface area (Å²) in [5.74, 6) is 1.71. The maximum atomic E-state index is 12.7. The lowest BCUT2D eigenvalue weighted by Gasteiger charge is -2.25. The molecule has 1 unspecified atom stereocenters. The molecule has 1 aromatic heterocycles. The molecule has 1 N–H and O–H groups in total. The van der Waals surface area contributed by atoms with Gasteiger partial charge in [0.1, 0.15) is 18.1 Å². The van der Waals surface area contributed by atoms with Gasteiger partial charge < -0.3 is 14.6 Å². The molecule has 5 heteroatoms. The van der Waals surface area contributed by atoms with E-state index >= 15 is 0 Å². The molecule has 0 bridgehead atoms. The van der Waals surface area contributed by atoms with Crippen LogP contribution in [0.2, 0.25) is 0 Å². The van der Waals surface area contributed by atoms with Crippen LogP contribution >= 0.6 is 0 Å². The van der Waals surface area contributed by atoms with E-state index in [1.54, 1.807) is 6.07 Å². The van der Waals surface area contributed by atoms with Crippen molar-refractivity contribution in [1.29, 1.82) is 0 Å². The average molecular weight is 390 g/mol. The minimum atomic E-state index is -0.0733. The number of hydrogen-bond acceptors (Lipinski definition) is 4. The predicted octanol–water partition coefficient (Wildman–Crippen LogP) is 4.72. The molecule has 1 aliphatic rings. The highest BCUT2D eigenvalue weighted by Crippen LogP contribution is 2.31. The van der Waals surface area contributed by atoms with Crippen LogP contribution in [0, 0.1) is 13.8 Å². The number of ether oxygens (including phenoxy) is 1. The van der Waals surface area contributed by atoms with E-state index in [-0.39, 0.29) is 5.91 Å². The number of hydrogen-bond donors (Lipinski definition) is 1. The fourth-order valence-electron chi connectivity index (χ4n) is 3.98. The first-order chi connectivity index (χ1) is 14.1. The summed E-state index contributed by atoms with van der Waals surface area (Å²) in [5.41, 5.74) is 5.15. The predicted molar refractivity (Wildman–Crippen MR) is 111 cm³/mol. The Morgan fingerprint density at radius 1 is 1.21 bits per heavy atom. The van der Waals surface area contributed by atoms with Gasteiger partial charge in [0.15, 0.2) is 0 Å². The lowest BCUT2D eigenvalue weighted by Crippen LogP contribution is -2.29. The molecule has 3 aromatic rings. The van der Waals surface area contributed by atoms with Gasteiger partial charge in [0, 0.05) is 18.0 Å². The summed E-state index contributed by atoms with van der Waals surface area (Å²) < 4.78 is 11.0. The molecule has 1 atom stereocenters. The average Bonchev–Trinajstić information content (AvgIpc) is 3.08. The molecule has 0 aliphatic heterocycles. The van der Waals surface area contributed by atoms with Crippen LogP contribution in [-0.2, 0) is 13.0 Å². The Kier molecular flexibility index (Phi) is 5.65. The second-order valence-corrected chi connectivity index (χ2v) is 7.62. The summed E-state index contributed by atoms with van der Waals surface area (Å²) in [6.07, 6.45) is 3.41. The van der Waals surface area contributed by atoms with E-state index in [1.165, 1.54) is 17.5 Å². The first-order valence-corrected chi connectivity index (χ1v) is 10.1. The van der Waals surface area contributed by atoms with Crippen molar-refractivity contribution in [2.24, 2.45) is 0 Å². The molecule has 0 saturated heterocycles. The van der Waals surface area contributed by atoms with Crippen LogP contribution in [0.5, 0.6) is 5.75 Å². The Morgan fingerprint density at radius 3 is 2.90 bits per heavy atom. The summed E-state index contributed by atoms with van der Waals surface area (Å²) in [4.78, 5) is 12.7. The lowest BCUT2D eigenvalue weighted by atomic mass is 9.83. The van der Waals surface area contributed by atoms with Crippen molar-refractivity contribution in [2.75, 3.05) is 6.54 Å². The van der Waals surface area contributed by atoms with E-state index in [1.807, 2.05) is 32.0 Å². The number of carbonyl (C=O) groups excluding carboxylic acids is 1. The molecular weight excluding hydrogens is 364 g/mol. The molecular formula is C24H26N2O3. The Balaban J connectivity index is 1.38. The van der Waals surface area contributed by atoms with Crippen molar-refractivity contribution in [1.82, 2.24) is 10.5 Å². The molecule has 4 rings (SSSR count). The minimum Gasteiger partial charge on any atom is -0.489 e. The van der Waals surface area contributed by atoms with Gasteiger partial charge in [0.05, 0.1) is 11.3 Å². The van der Waals surface area contributed by atoms with Crippen molar-refractivity contribution >= 4 is 5.91 Å². The highest BCUT2D eigenvalue weighted by molar-refractivity contribution is 5.94. The Labute approximate surface area is 171 Å². The van der Waals surface area contributed by atoms with E-state index in [2.05, 4.69) is 34.7 Å². The van der Waals surface area contributed by atoms with E-state index < -0.39 is 0 Å². The molecule has 1 amide bonds. The zero-order chi connectivity index (χ0) is 20.2. The van der Waals surface area contributed by atoms with Crippen LogP contribution in [-0.4, -0.2) is 17.6 Å². The number of nitrogens with one attached hydrogen (secondary N) is 1. The normalized spacial score (nSPS) is 15.6. The maximum absolute atomic E-state index is 12.7. The number of amides is 1. The van der Waals surface area contributed by atoms with Crippen LogP contribution in [0.15, 0.2) is 53.1 Å². The van der Waals surface area contributed by atoms with Crippen LogP contribution in [0.3, 0.4) is 0 Å². The second kappa shape index (κ2) is 8.52. The Morgan fingerprint density at radius 2 is 2.07 bits per heavy atom. The first-order valence-electron chi connectivity index (χ1n) is 10.1. The van der Waals surface area contributed by atoms with Crippen LogP contribution < -0.4 is 10.1 Å². The number of aromatic nitrogens is 1. The number of aryl methyl sites for hydroxylation is 3. The van der Waals surface area contributed by atoms with Crippen LogP contribution in [0.1, 0.15) is 57.3 Å². The monoisotopic (exact) mass is 390 g/mol. The van der Waals surface area contributed by atoms with Crippen molar-refractivity contribution < 1.29 is 14.1 Å². The van der Waals surface area contributed by atoms with E-state index in [4.69, 9.17) is 9.26 Å². The smallest absolute Gasteiger partial charge is 0.251 e. The molecule has 5 nitrogen and oxygen atoms in total. The lowest BCUT2D eigenvalue weighted by molar-refractivity contribution is 0.0949. The van der Waals surface area contributed by atoms with Crippen molar-refractivity contribution in [3.05, 3.63) is 82.2 Å². The maximum Gasteiger partial charge on any atom is 0.251 e. The van der Waals surface area contributed by atoms with Crippen molar-refractivity contribution in [2.45, 2.75) is 45.6 Å². The molecule has 0 spiro atoms. The molecule has 0 fully saturated rings. The molecule has 0 saturated carbocycles. The molecule has 1 aliphatic carbocycles. The largest absolute Gasteiger partial charge is 0.489 e. The summed E-state index contributed by atoms with van der Waals surface area (Å²) in [7, 11) is 0. The van der Waals surface area contributed by atoms with Gasteiger partial charge in [-0.25, -0.2) is 0 Å². The Hall–Kier alpha value is -3.08. The van der Waals surface area contributed by atoms with E-state index in [0.717, 1.165) is 29.9 Å². The third-order valence-electron chi connectivity index (χ3n) is 5.66. The van der Waals surface area contributed by atoms with Gasteiger partial charge in [-0.05, 0) is 62.4 Å². The number of fused-ring (bicyclic) bond motifs is 1. The van der Waals surface area contributed by atoms with Gasteiger partial charge in [-0.1, -0.05) is 35.5 Å². The fraction of sp³-hybridized carbons (Fsp3) is 0.333. The van der Waals surface area contributed by atoms with Gasteiger partial charge in [-0.3, -0.25) is 4.79 Å². The molecule has 29 heavy (non-hydrogen) atoms. The number of carbonyl (C=O) groups is 1. The highest BCUT2D eigenvalue weighted by atomic mass is 16.5. The van der Waals surface area contributed by atoms with Gasteiger partial charge >= 0.3 is 0 Å². The third-order valence-corrected chi connectivity index (χ3v) is 5.66. The fourth-order valence-corrected chi connectivity index (χ4v) is 3.98. The van der Waals surface area contributed by atoms with Crippen molar-refractivity contribution in [3.8, 4) is 5.75 Å². The van der Waals surface area contributed by atoms with Crippen LogP contribution in [0.25, 0.3) is 0 Å². The summed E-state index contributed by atoms with van der Waals surface area (Å²) in [6.45, 7) is 4.78. The minimum absolute atomic E-state index is 0.0733. The molecule has 2 aromatic carbocycles. The summed E-state index contributed by atoms with van der Waals surface area (Å²) in [6, 6.07) is 15.8. The third kappa shape index (κ3) is 4.34. The standard InChI is InChI=1S/C24H26N2O3/c1-16-23(17(2)29-26-16)15-28-21-11-6-9-19(13-21)24(27)25-14-20-10-5-8-18-7-3-4-12-22(18)20/h3-4,6-7,9,11-13,20H,5,8,10,14-15H2,1-2H3,(H,25,27). The number of rotatable bonds is 6. The van der Waals surface area contributed by atoms with Crippen LogP contribution in [0.4, 0.5) is 0 Å². The summed E-state index contributed by atoms with van der Waals surface area (Å²) in [5, 5.41) is 7.05. The van der Waals surface area contributed by atoms with Gasteiger partial charge in [-0.15, -0.1) is 0 Å². The quantitative estimate of drug-likeness (QED) is 0.661.